The van der Waals surface area contributed by atoms with Crippen LogP contribution in [0.2, 0.25) is 0 Å². The van der Waals surface area contributed by atoms with E-state index in [4.69, 9.17) is 10.5 Å². The van der Waals surface area contributed by atoms with Gasteiger partial charge in [0, 0.05) is 6.04 Å². The molecule has 0 aromatic heterocycles. The first kappa shape index (κ1) is 26.6. The van der Waals surface area contributed by atoms with Crippen LogP contribution in [0.4, 0.5) is 0 Å². The third-order valence-corrected chi connectivity index (χ3v) is 5.76. The third-order valence-electron chi connectivity index (χ3n) is 5.76. The molecule has 4 heteroatoms. The van der Waals surface area contributed by atoms with E-state index >= 15 is 0 Å². The van der Waals surface area contributed by atoms with E-state index in [1.807, 2.05) is 26.0 Å². The molecule has 0 aliphatic carbocycles. The highest BCUT2D eigenvalue weighted by molar-refractivity contribution is 5.89. The summed E-state index contributed by atoms with van der Waals surface area (Å²) >= 11 is 0. The summed E-state index contributed by atoms with van der Waals surface area (Å²) in [7, 11) is 0. The third kappa shape index (κ3) is 11.7. The Labute approximate surface area is 184 Å². The number of ether oxygens (including phenoxy) is 1. The molecular weight excluding hydrogens is 374 g/mol. The summed E-state index contributed by atoms with van der Waals surface area (Å²) in [5.41, 5.74) is 7.73. The van der Waals surface area contributed by atoms with Crippen molar-refractivity contribution in [2.75, 3.05) is 0 Å². The molecule has 0 bridgehead atoms. The van der Waals surface area contributed by atoms with Gasteiger partial charge in [0.05, 0.1) is 17.8 Å². The molecule has 0 heterocycles. The fraction of sp³-hybridized carbons (Fsp3) is 0.731. The Morgan fingerprint density at radius 2 is 1.50 bits per heavy atom. The highest BCUT2D eigenvalue weighted by atomic mass is 16.5. The lowest BCUT2D eigenvalue weighted by Crippen LogP contribution is -2.38. The highest BCUT2D eigenvalue weighted by Crippen LogP contribution is 2.19. The van der Waals surface area contributed by atoms with Crippen LogP contribution >= 0.6 is 0 Å². The van der Waals surface area contributed by atoms with Crippen molar-refractivity contribution >= 4 is 5.97 Å². The van der Waals surface area contributed by atoms with Crippen LogP contribution in [0, 0.1) is 0 Å². The molecule has 1 aromatic carbocycles. The van der Waals surface area contributed by atoms with Crippen molar-refractivity contribution in [1.82, 2.24) is 0 Å². The van der Waals surface area contributed by atoms with E-state index in [1.54, 1.807) is 12.1 Å². The minimum Gasteiger partial charge on any atom is -0.478 e. The lowest BCUT2D eigenvalue weighted by molar-refractivity contribution is -0.0128. The molecule has 0 radical (unpaired) electrons. The summed E-state index contributed by atoms with van der Waals surface area (Å²) in [4.78, 5) is 11.4. The molecule has 0 fully saturated rings. The van der Waals surface area contributed by atoms with Crippen LogP contribution in [0.3, 0.4) is 0 Å². The lowest BCUT2D eigenvalue weighted by Gasteiger charge is -2.26. The molecule has 0 spiro atoms. The standard InChI is InChI=1S/C26H45NO3/c1-4-5-6-7-8-9-10-11-12-13-18-24(27)25(30-21(2)3)20-19-22-16-14-15-17-23(22)26(28)29/h14-17,21,24-25H,4-13,18-20,27H2,1-3H3,(H,28,29). The fourth-order valence-electron chi connectivity index (χ4n) is 4.03. The van der Waals surface area contributed by atoms with Crippen molar-refractivity contribution in [3.05, 3.63) is 35.4 Å². The number of aromatic carboxylic acids is 1. The lowest BCUT2D eigenvalue weighted by atomic mass is 9.95. The number of unbranched alkanes of at least 4 members (excludes halogenated alkanes) is 9. The molecule has 30 heavy (non-hydrogen) atoms. The predicted octanol–water partition coefficient (Wildman–Crippen LogP) is 6.75. The number of nitrogens with two attached hydrogens (primary N) is 1. The number of benzene rings is 1. The second-order valence-corrected chi connectivity index (χ2v) is 8.86. The van der Waals surface area contributed by atoms with Crippen molar-refractivity contribution in [3.8, 4) is 0 Å². The normalized spacial score (nSPS) is 13.5. The largest absolute Gasteiger partial charge is 0.478 e. The van der Waals surface area contributed by atoms with Gasteiger partial charge in [0.1, 0.15) is 0 Å². The van der Waals surface area contributed by atoms with E-state index in [2.05, 4.69) is 6.92 Å². The average molecular weight is 420 g/mol. The second-order valence-electron chi connectivity index (χ2n) is 8.86. The summed E-state index contributed by atoms with van der Waals surface area (Å²) in [6.45, 7) is 6.33. The van der Waals surface area contributed by atoms with Crippen LogP contribution in [0.5, 0.6) is 0 Å². The number of hydrogen-bond donors (Lipinski definition) is 2. The number of hydrogen-bond acceptors (Lipinski definition) is 3. The van der Waals surface area contributed by atoms with Gasteiger partial charge in [0.25, 0.3) is 0 Å². The molecular formula is C26H45NO3. The Bertz CT molecular complexity index is 573. The minimum atomic E-state index is -0.874. The molecule has 1 aromatic rings. The first-order chi connectivity index (χ1) is 14.5. The van der Waals surface area contributed by atoms with Crippen LogP contribution in [0.25, 0.3) is 0 Å². The van der Waals surface area contributed by atoms with E-state index < -0.39 is 5.97 Å². The fourth-order valence-corrected chi connectivity index (χ4v) is 4.03. The van der Waals surface area contributed by atoms with Gasteiger partial charge in [-0.25, -0.2) is 4.79 Å². The topological polar surface area (TPSA) is 72.6 Å². The maximum atomic E-state index is 11.4. The van der Waals surface area contributed by atoms with E-state index in [0.29, 0.717) is 12.0 Å². The van der Waals surface area contributed by atoms with Gasteiger partial charge in [-0.15, -0.1) is 0 Å². The van der Waals surface area contributed by atoms with Gasteiger partial charge >= 0.3 is 5.97 Å². The quantitative estimate of drug-likeness (QED) is 0.258. The number of carbonyl (C=O) groups is 1. The van der Waals surface area contributed by atoms with Crippen LogP contribution in [-0.2, 0) is 11.2 Å². The Morgan fingerprint density at radius 3 is 2.07 bits per heavy atom. The highest BCUT2D eigenvalue weighted by Gasteiger charge is 2.20. The first-order valence-corrected chi connectivity index (χ1v) is 12.2. The van der Waals surface area contributed by atoms with Crippen molar-refractivity contribution in [1.29, 1.82) is 0 Å². The maximum Gasteiger partial charge on any atom is 0.335 e. The zero-order valence-corrected chi connectivity index (χ0v) is 19.6. The first-order valence-electron chi connectivity index (χ1n) is 12.2. The van der Waals surface area contributed by atoms with Crippen molar-refractivity contribution < 1.29 is 14.6 Å². The minimum absolute atomic E-state index is 0.00145. The summed E-state index contributed by atoms with van der Waals surface area (Å²) in [5.74, 6) is -0.874. The number of carboxylic acids is 1. The monoisotopic (exact) mass is 419 g/mol. The summed E-state index contributed by atoms with van der Waals surface area (Å²) < 4.78 is 6.10. The smallest absolute Gasteiger partial charge is 0.335 e. The maximum absolute atomic E-state index is 11.4. The van der Waals surface area contributed by atoms with E-state index in [0.717, 1.165) is 24.8 Å². The molecule has 172 valence electrons. The van der Waals surface area contributed by atoms with Crippen LogP contribution in [0.15, 0.2) is 24.3 Å². The van der Waals surface area contributed by atoms with Crippen LogP contribution in [0.1, 0.15) is 114 Å². The van der Waals surface area contributed by atoms with Gasteiger partial charge in [0.2, 0.25) is 0 Å². The summed E-state index contributed by atoms with van der Waals surface area (Å²) in [6.07, 6.45) is 15.7. The van der Waals surface area contributed by atoms with Gasteiger partial charge in [-0.2, -0.15) is 0 Å². The molecule has 1 rings (SSSR count). The van der Waals surface area contributed by atoms with Crippen molar-refractivity contribution in [2.24, 2.45) is 5.73 Å². The summed E-state index contributed by atoms with van der Waals surface area (Å²) in [6, 6.07) is 7.22. The Morgan fingerprint density at radius 1 is 0.933 bits per heavy atom. The SMILES string of the molecule is CCCCCCCCCCCCC(N)C(CCc1ccccc1C(=O)O)OC(C)C. The van der Waals surface area contributed by atoms with E-state index in [9.17, 15) is 9.90 Å². The Balaban J connectivity index is 2.34. The van der Waals surface area contributed by atoms with Crippen LogP contribution in [-0.4, -0.2) is 29.3 Å². The average Bonchev–Trinajstić information content (AvgIpc) is 2.72. The van der Waals surface area contributed by atoms with Gasteiger partial charge in [-0.3, -0.25) is 0 Å². The number of aryl methyl sites for hydroxylation is 1. The molecule has 3 N–H and O–H groups in total. The van der Waals surface area contributed by atoms with E-state index in [-0.39, 0.29) is 18.2 Å². The van der Waals surface area contributed by atoms with Crippen molar-refractivity contribution in [2.45, 2.75) is 122 Å². The predicted molar refractivity (Wildman–Crippen MR) is 126 cm³/mol. The molecule has 2 unspecified atom stereocenters. The van der Waals surface area contributed by atoms with Crippen molar-refractivity contribution in [3.63, 3.8) is 0 Å². The zero-order chi connectivity index (χ0) is 22.2. The molecule has 0 aliphatic heterocycles. The molecule has 2 atom stereocenters. The van der Waals surface area contributed by atoms with Gasteiger partial charge in [-0.05, 0) is 44.7 Å². The van der Waals surface area contributed by atoms with E-state index in [1.165, 1.54) is 57.8 Å². The molecule has 4 nitrogen and oxygen atoms in total. The second kappa shape index (κ2) is 16.3. The summed E-state index contributed by atoms with van der Waals surface area (Å²) in [5, 5.41) is 9.39. The molecule has 0 saturated carbocycles. The van der Waals surface area contributed by atoms with Gasteiger partial charge in [0.15, 0.2) is 0 Å². The Hall–Kier alpha value is -1.39. The number of carboxylic acid groups (broad SMARTS) is 1. The van der Waals surface area contributed by atoms with Crippen LogP contribution < -0.4 is 5.73 Å². The molecule has 0 amide bonds. The molecule has 0 aliphatic rings. The number of rotatable bonds is 18. The van der Waals surface area contributed by atoms with Gasteiger partial charge in [-0.1, -0.05) is 89.3 Å². The zero-order valence-electron chi connectivity index (χ0n) is 19.6. The molecule has 0 saturated heterocycles. The Kier molecular flexibility index (Phi) is 14.5. The van der Waals surface area contributed by atoms with Gasteiger partial charge < -0.3 is 15.6 Å².